The summed E-state index contributed by atoms with van der Waals surface area (Å²) in [7, 11) is 0. The molecule has 0 N–H and O–H groups in total. The van der Waals surface area contributed by atoms with Gasteiger partial charge in [0.2, 0.25) is 0 Å². The molecule has 2 rings (SSSR count). The standard InChI is InChI=1S/C15H15NO2/c1-3-18-15(17)9-8-12-10-11(2)16-14-7-5-4-6-13(12)14/h4-10H,3H2,1-2H3/b9-8+. The average molecular weight is 241 g/mol. The molecule has 0 amide bonds. The largest absolute Gasteiger partial charge is 0.463 e. The molecule has 2 aromatic rings. The number of benzene rings is 1. The van der Waals surface area contributed by atoms with E-state index in [1.165, 1.54) is 6.08 Å². The van der Waals surface area contributed by atoms with E-state index in [1.807, 2.05) is 37.3 Å². The zero-order chi connectivity index (χ0) is 13.0. The number of ether oxygens (including phenoxy) is 1. The fourth-order valence-electron chi connectivity index (χ4n) is 1.83. The maximum atomic E-state index is 11.3. The minimum absolute atomic E-state index is 0.323. The van der Waals surface area contributed by atoms with Gasteiger partial charge < -0.3 is 4.74 Å². The Morgan fingerprint density at radius 1 is 1.39 bits per heavy atom. The number of carbonyl (C=O) groups excluding carboxylic acids is 1. The van der Waals surface area contributed by atoms with Crippen molar-refractivity contribution >= 4 is 22.9 Å². The van der Waals surface area contributed by atoms with Gasteiger partial charge in [-0.2, -0.15) is 0 Å². The van der Waals surface area contributed by atoms with Crippen molar-refractivity contribution in [2.75, 3.05) is 6.61 Å². The number of fused-ring (bicyclic) bond motifs is 1. The van der Waals surface area contributed by atoms with Crippen LogP contribution < -0.4 is 0 Å². The lowest BCUT2D eigenvalue weighted by Gasteiger charge is -2.03. The van der Waals surface area contributed by atoms with Crippen LogP contribution in [0.4, 0.5) is 0 Å². The van der Waals surface area contributed by atoms with Gasteiger partial charge in [-0.3, -0.25) is 4.98 Å². The molecule has 0 unspecified atom stereocenters. The van der Waals surface area contributed by atoms with Crippen molar-refractivity contribution in [1.82, 2.24) is 4.98 Å². The number of rotatable bonds is 3. The lowest BCUT2D eigenvalue weighted by Crippen LogP contribution is -1.98. The number of carbonyl (C=O) groups is 1. The number of hydrogen-bond acceptors (Lipinski definition) is 3. The maximum absolute atomic E-state index is 11.3. The zero-order valence-corrected chi connectivity index (χ0v) is 10.5. The van der Waals surface area contributed by atoms with Crippen LogP contribution in [0.2, 0.25) is 0 Å². The van der Waals surface area contributed by atoms with Crippen molar-refractivity contribution in [3.63, 3.8) is 0 Å². The molecule has 1 aromatic heterocycles. The Bertz CT molecular complexity index is 602. The molecular formula is C15H15NO2. The fraction of sp³-hybridized carbons (Fsp3) is 0.200. The van der Waals surface area contributed by atoms with Gasteiger partial charge in [0.05, 0.1) is 12.1 Å². The Kier molecular flexibility index (Phi) is 3.72. The Morgan fingerprint density at radius 3 is 2.94 bits per heavy atom. The Hall–Kier alpha value is -2.16. The number of nitrogens with zero attached hydrogens (tertiary/aromatic N) is 1. The second-order valence-corrected chi connectivity index (χ2v) is 3.96. The van der Waals surface area contributed by atoms with Gasteiger partial charge in [-0.15, -0.1) is 0 Å². The summed E-state index contributed by atoms with van der Waals surface area (Å²) in [5.41, 5.74) is 2.84. The minimum atomic E-state index is -0.323. The number of aromatic nitrogens is 1. The van der Waals surface area contributed by atoms with Gasteiger partial charge in [0.15, 0.2) is 0 Å². The van der Waals surface area contributed by atoms with Crippen LogP contribution in [0, 0.1) is 6.92 Å². The SMILES string of the molecule is CCOC(=O)/C=C/c1cc(C)nc2ccccc12. The van der Waals surface area contributed by atoms with Crippen LogP contribution in [-0.2, 0) is 9.53 Å². The Morgan fingerprint density at radius 2 is 2.17 bits per heavy atom. The van der Waals surface area contributed by atoms with Gasteiger partial charge in [0, 0.05) is 17.2 Å². The number of aryl methyl sites for hydroxylation is 1. The first-order chi connectivity index (χ1) is 8.70. The van der Waals surface area contributed by atoms with Gasteiger partial charge in [0.25, 0.3) is 0 Å². The highest BCUT2D eigenvalue weighted by molar-refractivity contribution is 5.93. The second kappa shape index (κ2) is 5.45. The fourth-order valence-corrected chi connectivity index (χ4v) is 1.83. The van der Waals surface area contributed by atoms with Crippen LogP contribution in [0.1, 0.15) is 18.2 Å². The Labute approximate surface area is 106 Å². The summed E-state index contributed by atoms with van der Waals surface area (Å²) in [6, 6.07) is 9.82. The molecule has 0 aliphatic rings. The number of hydrogen-bond donors (Lipinski definition) is 0. The molecule has 1 aromatic carbocycles. The predicted molar refractivity (Wildman–Crippen MR) is 72.1 cm³/mol. The maximum Gasteiger partial charge on any atom is 0.330 e. The second-order valence-electron chi connectivity index (χ2n) is 3.96. The number of pyridine rings is 1. The van der Waals surface area contributed by atoms with E-state index in [1.54, 1.807) is 13.0 Å². The van der Waals surface area contributed by atoms with Crippen molar-refractivity contribution in [3.05, 3.63) is 47.7 Å². The normalized spacial score (nSPS) is 11.0. The molecule has 0 aliphatic carbocycles. The zero-order valence-electron chi connectivity index (χ0n) is 10.5. The van der Waals surface area contributed by atoms with E-state index >= 15 is 0 Å². The lowest BCUT2D eigenvalue weighted by atomic mass is 10.1. The van der Waals surface area contributed by atoms with Crippen molar-refractivity contribution < 1.29 is 9.53 Å². The molecule has 0 atom stereocenters. The highest BCUT2D eigenvalue weighted by Gasteiger charge is 2.01. The third-order valence-corrected chi connectivity index (χ3v) is 2.56. The van der Waals surface area contributed by atoms with Crippen LogP contribution in [0.25, 0.3) is 17.0 Å². The summed E-state index contributed by atoms with van der Waals surface area (Å²) in [6.07, 6.45) is 3.22. The van der Waals surface area contributed by atoms with E-state index in [9.17, 15) is 4.79 Å². The molecule has 0 saturated carbocycles. The molecule has 0 bridgehead atoms. The highest BCUT2D eigenvalue weighted by atomic mass is 16.5. The van der Waals surface area contributed by atoms with Gasteiger partial charge >= 0.3 is 5.97 Å². The molecule has 0 spiro atoms. The summed E-state index contributed by atoms with van der Waals surface area (Å²) < 4.78 is 4.86. The van der Waals surface area contributed by atoms with Crippen LogP contribution in [0.3, 0.4) is 0 Å². The smallest absolute Gasteiger partial charge is 0.330 e. The monoisotopic (exact) mass is 241 g/mol. The first kappa shape index (κ1) is 12.3. The molecular weight excluding hydrogens is 226 g/mol. The molecule has 0 aliphatic heterocycles. The van der Waals surface area contributed by atoms with Crippen molar-refractivity contribution in [2.24, 2.45) is 0 Å². The molecule has 0 saturated heterocycles. The average Bonchev–Trinajstić information content (AvgIpc) is 2.36. The summed E-state index contributed by atoms with van der Waals surface area (Å²) in [5.74, 6) is -0.323. The van der Waals surface area contributed by atoms with Crippen LogP contribution in [0.5, 0.6) is 0 Å². The van der Waals surface area contributed by atoms with Gasteiger partial charge in [-0.25, -0.2) is 4.79 Å². The van der Waals surface area contributed by atoms with Crippen molar-refractivity contribution in [1.29, 1.82) is 0 Å². The first-order valence-corrected chi connectivity index (χ1v) is 5.92. The van der Waals surface area contributed by atoms with E-state index in [0.29, 0.717) is 6.61 Å². The van der Waals surface area contributed by atoms with E-state index in [4.69, 9.17) is 4.74 Å². The van der Waals surface area contributed by atoms with Crippen LogP contribution in [-0.4, -0.2) is 17.6 Å². The lowest BCUT2D eigenvalue weighted by molar-refractivity contribution is -0.137. The van der Waals surface area contributed by atoms with Crippen molar-refractivity contribution in [3.8, 4) is 0 Å². The predicted octanol–water partition coefficient (Wildman–Crippen LogP) is 3.12. The van der Waals surface area contributed by atoms with Crippen LogP contribution >= 0.6 is 0 Å². The summed E-state index contributed by atoms with van der Waals surface area (Å²) in [6.45, 7) is 4.12. The third-order valence-electron chi connectivity index (χ3n) is 2.56. The van der Waals surface area contributed by atoms with Crippen LogP contribution in [0.15, 0.2) is 36.4 Å². The summed E-state index contributed by atoms with van der Waals surface area (Å²) in [5, 5.41) is 1.03. The summed E-state index contributed by atoms with van der Waals surface area (Å²) in [4.78, 5) is 15.8. The van der Waals surface area contributed by atoms with E-state index < -0.39 is 0 Å². The van der Waals surface area contributed by atoms with Gasteiger partial charge in [0.1, 0.15) is 0 Å². The topological polar surface area (TPSA) is 39.2 Å². The number of para-hydroxylation sites is 1. The molecule has 0 fully saturated rings. The molecule has 18 heavy (non-hydrogen) atoms. The van der Waals surface area contributed by atoms with E-state index in [-0.39, 0.29) is 5.97 Å². The van der Waals surface area contributed by atoms with Gasteiger partial charge in [-0.1, -0.05) is 18.2 Å². The molecule has 92 valence electrons. The molecule has 0 radical (unpaired) electrons. The molecule has 3 nitrogen and oxygen atoms in total. The number of esters is 1. The Balaban J connectivity index is 2.41. The first-order valence-electron chi connectivity index (χ1n) is 5.92. The molecule has 1 heterocycles. The molecule has 3 heteroatoms. The van der Waals surface area contributed by atoms with E-state index in [2.05, 4.69) is 4.98 Å². The van der Waals surface area contributed by atoms with Gasteiger partial charge in [-0.05, 0) is 37.6 Å². The minimum Gasteiger partial charge on any atom is -0.463 e. The quantitative estimate of drug-likeness (QED) is 0.612. The third kappa shape index (κ3) is 2.74. The summed E-state index contributed by atoms with van der Waals surface area (Å²) >= 11 is 0. The van der Waals surface area contributed by atoms with E-state index in [0.717, 1.165) is 22.2 Å². The van der Waals surface area contributed by atoms with Crippen molar-refractivity contribution in [2.45, 2.75) is 13.8 Å². The highest BCUT2D eigenvalue weighted by Crippen LogP contribution is 2.19.